The van der Waals surface area contributed by atoms with Crippen LogP contribution in [0.1, 0.15) is 71.6 Å². The minimum Gasteiger partial charge on any atom is -0.379 e. The number of allylic oxidation sites excluding steroid dienone is 1. The molecule has 0 spiro atoms. The van der Waals surface area contributed by atoms with Crippen LogP contribution in [0.5, 0.6) is 0 Å². The van der Waals surface area contributed by atoms with E-state index >= 15 is 0 Å². The lowest BCUT2D eigenvalue weighted by atomic mass is 10.1. The van der Waals surface area contributed by atoms with Gasteiger partial charge in [0.05, 0.1) is 6.10 Å². The summed E-state index contributed by atoms with van der Waals surface area (Å²) in [6.45, 7) is 10.7. The fraction of sp³-hybridized carbons (Fsp3) is 0.867. The normalized spacial score (nSPS) is 12.6. The molecule has 0 saturated heterocycles. The molecular formula is C15H29O. The molecule has 1 unspecified atom stereocenters. The molecule has 0 heterocycles. The predicted molar refractivity (Wildman–Crippen MR) is 71.5 cm³/mol. The lowest BCUT2D eigenvalue weighted by molar-refractivity contribution is 0.0559. The standard InChI is InChI=1S/C15H29O/c1-4-6-8-9-10-11-13-15(3)16-14-12-7-5-2/h1,4,15H,5-14H2,2-3H3. The molecule has 1 radical (unpaired) electrons. The fourth-order valence-electron chi connectivity index (χ4n) is 1.77. The summed E-state index contributed by atoms with van der Waals surface area (Å²) >= 11 is 0. The molecular weight excluding hydrogens is 196 g/mol. The quantitative estimate of drug-likeness (QED) is 0.429. The van der Waals surface area contributed by atoms with Crippen molar-refractivity contribution in [1.82, 2.24) is 0 Å². The van der Waals surface area contributed by atoms with E-state index in [0.717, 1.165) is 13.0 Å². The summed E-state index contributed by atoms with van der Waals surface area (Å²) in [4.78, 5) is 0. The van der Waals surface area contributed by atoms with Gasteiger partial charge in [-0.25, -0.2) is 0 Å². The van der Waals surface area contributed by atoms with Crippen LogP contribution in [0.4, 0.5) is 0 Å². The zero-order valence-corrected chi connectivity index (χ0v) is 11.2. The van der Waals surface area contributed by atoms with Crippen molar-refractivity contribution in [2.75, 3.05) is 6.61 Å². The third-order valence-corrected chi connectivity index (χ3v) is 2.88. The maximum atomic E-state index is 5.75. The minimum absolute atomic E-state index is 0.443. The summed E-state index contributed by atoms with van der Waals surface area (Å²) in [5, 5.41) is 0. The van der Waals surface area contributed by atoms with E-state index in [1.165, 1.54) is 51.4 Å². The summed E-state index contributed by atoms with van der Waals surface area (Å²) in [7, 11) is 0. The molecule has 0 aromatic rings. The molecule has 0 aliphatic rings. The van der Waals surface area contributed by atoms with E-state index < -0.39 is 0 Å². The van der Waals surface area contributed by atoms with E-state index in [1.54, 1.807) is 6.08 Å². The third kappa shape index (κ3) is 11.8. The van der Waals surface area contributed by atoms with Gasteiger partial charge < -0.3 is 4.74 Å². The molecule has 16 heavy (non-hydrogen) atoms. The van der Waals surface area contributed by atoms with Crippen molar-refractivity contribution in [3.05, 3.63) is 12.7 Å². The summed E-state index contributed by atoms with van der Waals surface area (Å²) in [6.07, 6.45) is 13.4. The van der Waals surface area contributed by atoms with Gasteiger partial charge in [0.2, 0.25) is 0 Å². The monoisotopic (exact) mass is 225 g/mol. The molecule has 0 aromatic heterocycles. The second-order valence-corrected chi connectivity index (χ2v) is 4.62. The highest BCUT2D eigenvalue weighted by Crippen LogP contribution is 2.10. The Kier molecular flexibility index (Phi) is 12.5. The Bertz CT molecular complexity index is 142. The lowest BCUT2D eigenvalue weighted by Gasteiger charge is -2.12. The van der Waals surface area contributed by atoms with E-state index in [9.17, 15) is 0 Å². The van der Waals surface area contributed by atoms with Crippen LogP contribution in [0.15, 0.2) is 6.08 Å². The number of hydrogen-bond donors (Lipinski definition) is 0. The first-order valence-corrected chi connectivity index (χ1v) is 6.96. The van der Waals surface area contributed by atoms with Gasteiger partial charge >= 0.3 is 0 Å². The van der Waals surface area contributed by atoms with E-state index in [1.807, 2.05) is 0 Å². The van der Waals surface area contributed by atoms with Gasteiger partial charge in [-0.1, -0.05) is 51.7 Å². The highest BCUT2D eigenvalue weighted by atomic mass is 16.5. The highest BCUT2D eigenvalue weighted by molar-refractivity contribution is 4.62. The van der Waals surface area contributed by atoms with E-state index in [0.29, 0.717) is 6.10 Å². The van der Waals surface area contributed by atoms with Crippen LogP contribution in [0.2, 0.25) is 0 Å². The van der Waals surface area contributed by atoms with Crippen molar-refractivity contribution in [1.29, 1.82) is 0 Å². The second kappa shape index (κ2) is 12.8. The zero-order chi connectivity index (χ0) is 12.1. The summed E-state index contributed by atoms with van der Waals surface area (Å²) in [5.41, 5.74) is 0. The Balaban J connectivity index is 3.10. The van der Waals surface area contributed by atoms with E-state index in [4.69, 9.17) is 11.3 Å². The molecule has 0 aliphatic heterocycles. The molecule has 1 atom stereocenters. The van der Waals surface area contributed by atoms with Crippen LogP contribution >= 0.6 is 0 Å². The van der Waals surface area contributed by atoms with Gasteiger partial charge in [-0.15, -0.1) is 0 Å². The largest absolute Gasteiger partial charge is 0.379 e. The average Bonchev–Trinajstić information content (AvgIpc) is 2.29. The second-order valence-electron chi connectivity index (χ2n) is 4.62. The van der Waals surface area contributed by atoms with Crippen molar-refractivity contribution in [2.45, 2.75) is 77.7 Å². The van der Waals surface area contributed by atoms with Crippen molar-refractivity contribution >= 4 is 0 Å². The predicted octanol–water partition coefficient (Wildman–Crippen LogP) is 4.91. The van der Waals surface area contributed by atoms with Crippen molar-refractivity contribution in [3.63, 3.8) is 0 Å². The van der Waals surface area contributed by atoms with Gasteiger partial charge in [-0.05, 0) is 32.6 Å². The highest BCUT2D eigenvalue weighted by Gasteiger charge is 2.01. The maximum Gasteiger partial charge on any atom is 0.0547 e. The van der Waals surface area contributed by atoms with Crippen LogP contribution < -0.4 is 0 Å². The molecule has 1 nitrogen and oxygen atoms in total. The molecule has 95 valence electrons. The first kappa shape index (κ1) is 15.7. The van der Waals surface area contributed by atoms with E-state index in [-0.39, 0.29) is 0 Å². The van der Waals surface area contributed by atoms with Crippen LogP contribution in [0.3, 0.4) is 0 Å². The van der Waals surface area contributed by atoms with Gasteiger partial charge in [0, 0.05) is 6.61 Å². The molecule has 0 aliphatic carbocycles. The molecule has 0 rings (SSSR count). The first-order chi connectivity index (χ1) is 7.81. The third-order valence-electron chi connectivity index (χ3n) is 2.88. The number of unbranched alkanes of at least 4 members (excludes halogenated alkanes) is 6. The summed E-state index contributed by atoms with van der Waals surface area (Å²) in [5.74, 6) is 0. The van der Waals surface area contributed by atoms with Crippen molar-refractivity contribution < 1.29 is 4.74 Å². The number of ether oxygens (including phenoxy) is 1. The Hall–Kier alpha value is -0.300. The molecule has 0 amide bonds. The van der Waals surface area contributed by atoms with Gasteiger partial charge in [0.25, 0.3) is 0 Å². The molecule has 0 bridgehead atoms. The Labute approximate surface area is 102 Å². The lowest BCUT2D eigenvalue weighted by Crippen LogP contribution is -2.09. The minimum atomic E-state index is 0.443. The average molecular weight is 225 g/mol. The summed E-state index contributed by atoms with van der Waals surface area (Å²) in [6, 6.07) is 0. The van der Waals surface area contributed by atoms with Crippen LogP contribution in [0, 0.1) is 6.58 Å². The van der Waals surface area contributed by atoms with Gasteiger partial charge in [0.15, 0.2) is 0 Å². The molecule has 0 fully saturated rings. The van der Waals surface area contributed by atoms with E-state index in [2.05, 4.69) is 13.8 Å². The Morgan fingerprint density at radius 2 is 1.81 bits per heavy atom. The number of hydrogen-bond acceptors (Lipinski definition) is 1. The Morgan fingerprint density at radius 1 is 1.06 bits per heavy atom. The number of rotatable bonds is 12. The van der Waals surface area contributed by atoms with Gasteiger partial charge in [-0.2, -0.15) is 0 Å². The topological polar surface area (TPSA) is 9.23 Å². The molecule has 1 heteroatoms. The van der Waals surface area contributed by atoms with Crippen molar-refractivity contribution in [2.24, 2.45) is 0 Å². The molecule has 0 aromatic carbocycles. The van der Waals surface area contributed by atoms with Crippen LogP contribution in [0.25, 0.3) is 0 Å². The van der Waals surface area contributed by atoms with Crippen LogP contribution in [-0.4, -0.2) is 12.7 Å². The SMILES string of the molecule is [CH]=CCCCCCCC(C)OCCCCC. The Morgan fingerprint density at radius 3 is 2.50 bits per heavy atom. The van der Waals surface area contributed by atoms with Crippen LogP contribution in [-0.2, 0) is 4.74 Å². The molecule has 0 saturated carbocycles. The smallest absolute Gasteiger partial charge is 0.0547 e. The molecule has 0 N–H and O–H groups in total. The van der Waals surface area contributed by atoms with Gasteiger partial charge in [0.1, 0.15) is 0 Å². The first-order valence-electron chi connectivity index (χ1n) is 6.96. The zero-order valence-electron chi connectivity index (χ0n) is 11.2. The van der Waals surface area contributed by atoms with Gasteiger partial charge in [-0.3, -0.25) is 0 Å². The fourth-order valence-corrected chi connectivity index (χ4v) is 1.77. The maximum absolute atomic E-state index is 5.75. The van der Waals surface area contributed by atoms with Crippen molar-refractivity contribution in [3.8, 4) is 0 Å². The summed E-state index contributed by atoms with van der Waals surface area (Å²) < 4.78 is 5.75.